The third-order valence-corrected chi connectivity index (χ3v) is 4.42. The van der Waals surface area contributed by atoms with Gasteiger partial charge in [0.2, 0.25) is 5.91 Å². The third kappa shape index (κ3) is 2.85. The number of amides is 1. The lowest BCUT2D eigenvalue weighted by Gasteiger charge is -2.19. The smallest absolute Gasteiger partial charge is 0.294 e. The van der Waals surface area contributed by atoms with Crippen molar-refractivity contribution in [1.82, 2.24) is 0 Å². The predicted octanol–water partition coefficient (Wildman–Crippen LogP) is 0.798. The topological polar surface area (TPSA) is 101 Å². The molecule has 1 saturated heterocycles. The number of carbonyl (C=O) groups excluding carboxylic acids is 1. The SMILES string of the molecule is Nc1ccc(S(=O)(=O)O)cc1N1CC(CS)CC1=O. The van der Waals surface area contributed by atoms with E-state index in [-0.39, 0.29) is 16.7 Å². The maximum Gasteiger partial charge on any atom is 0.294 e. The molecule has 0 radical (unpaired) electrons. The maximum absolute atomic E-state index is 11.9. The van der Waals surface area contributed by atoms with Gasteiger partial charge in [0.25, 0.3) is 10.1 Å². The Labute approximate surface area is 116 Å². The molecule has 0 bridgehead atoms. The van der Waals surface area contributed by atoms with Crippen LogP contribution in [0.1, 0.15) is 6.42 Å². The molecule has 1 aromatic carbocycles. The van der Waals surface area contributed by atoms with E-state index in [2.05, 4.69) is 12.6 Å². The summed E-state index contributed by atoms with van der Waals surface area (Å²) in [5.41, 5.74) is 6.37. The van der Waals surface area contributed by atoms with E-state index >= 15 is 0 Å². The van der Waals surface area contributed by atoms with E-state index in [1.54, 1.807) is 0 Å². The van der Waals surface area contributed by atoms with Crippen LogP contribution in [0, 0.1) is 5.92 Å². The number of hydrogen-bond donors (Lipinski definition) is 3. The average Bonchev–Trinajstić information content (AvgIpc) is 2.69. The molecule has 1 amide bonds. The number of nitrogens with zero attached hydrogens (tertiary/aromatic N) is 1. The van der Waals surface area contributed by atoms with Crippen molar-refractivity contribution in [2.45, 2.75) is 11.3 Å². The molecule has 2 rings (SSSR count). The van der Waals surface area contributed by atoms with Crippen molar-refractivity contribution in [3.63, 3.8) is 0 Å². The van der Waals surface area contributed by atoms with Crippen LogP contribution in [0.3, 0.4) is 0 Å². The molecule has 1 fully saturated rings. The number of nitrogen functional groups attached to an aromatic ring is 1. The standard InChI is InChI=1S/C11H14N2O4S2/c12-9-2-1-8(19(15,16)17)4-10(9)13-5-7(6-18)3-11(13)14/h1-2,4,7,18H,3,5-6,12H2,(H,15,16,17). The molecule has 1 heterocycles. The first-order valence-electron chi connectivity index (χ1n) is 5.61. The van der Waals surface area contributed by atoms with Gasteiger partial charge in [0.05, 0.1) is 16.3 Å². The molecule has 0 saturated carbocycles. The molecule has 1 unspecified atom stereocenters. The number of carbonyl (C=O) groups is 1. The summed E-state index contributed by atoms with van der Waals surface area (Å²) in [6.45, 7) is 0.446. The second-order valence-electron chi connectivity index (χ2n) is 4.45. The molecule has 8 heteroatoms. The minimum absolute atomic E-state index is 0.115. The van der Waals surface area contributed by atoms with E-state index < -0.39 is 10.1 Å². The predicted molar refractivity (Wildman–Crippen MR) is 75.0 cm³/mol. The number of hydrogen-bond acceptors (Lipinski definition) is 5. The lowest BCUT2D eigenvalue weighted by Crippen LogP contribution is -2.26. The molecule has 0 aliphatic carbocycles. The van der Waals surface area contributed by atoms with Gasteiger partial charge in [-0.15, -0.1) is 0 Å². The molecule has 6 nitrogen and oxygen atoms in total. The van der Waals surface area contributed by atoms with Crippen LogP contribution in [0.15, 0.2) is 23.1 Å². The monoisotopic (exact) mass is 302 g/mol. The van der Waals surface area contributed by atoms with Crippen LogP contribution in [0.25, 0.3) is 0 Å². The van der Waals surface area contributed by atoms with Crippen LogP contribution in [-0.2, 0) is 14.9 Å². The number of nitrogens with two attached hydrogens (primary N) is 1. The normalized spacial score (nSPS) is 20.0. The van der Waals surface area contributed by atoms with Crippen LogP contribution >= 0.6 is 12.6 Å². The third-order valence-electron chi connectivity index (χ3n) is 3.05. The highest BCUT2D eigenvalue weighted by molar-refractivity contribution is 7.85. The van der Waals surface area contributed by atoms with Crippen molar-refractivity contribution in [2.24, 2.45) is 5.92 Å². The Hall–Kier alpha value is -1.25. The van der Waals surface area contributed by atoms with E-state index in [0.717, 1.165) is 0 Å². The first-order chi connectivity index (χ1) is 8.82. The Bertz CT molecular complexity index is 615. The first-order valence-corrected chi connectivity index (χ1v) is 7.68. The molecule has 104 valence electrons. The van der Waals surface area contributed by atoms with Gasteiger partial charge in [-0.05, 0) is 29.9 Å². The molecule has 0 aromatic heterocycles. The summed E-state index contributed by atoms with van der Waals surface area (Å²) >= 11 is 4.16. The molecule has 1 aliphatic rings. The van der Waals surface area contributed by atoms with Crippen LogP contribution in [0.5, 0.6) is 0 Å². The van der Waals surface area contributed by atoms with Crippen molar-refractivity contribution in [3.05, 3.63) is 18.2 Å². The molecule has 1 aromatic rings. The summed E-state index contributed by atoms with van der Waals surface area (Å²) in [6, 6.07) is 3.77. The van der Waals surface area contributed by atoms with E-state index in [4.69, 9.17) is 10.3 Å². The molecule has 0 spiro atoms. The van der Waals surface area contributed by atoms with Gasteiger partial charge < -0.3 is 10.6 Å². The van der Waals surface area contributed by atoms with Gasteiger partial charge in [-0.2, -0.15) is 21.0 Å². The van der Waals surface area contributed by atoms with Gasteiger partial charge >= 0.3 is 0 Å². The van der Waals surface area contributed by atoms with Crippen LogP contribution in [0.2, 0.25) is 0 Å². The summed E-state index contributed by atoms with van der Waals surface area (Å²) < 4.78 is 31.3. The Balaban J connectivity index is 2.42. The molecular formula is C11H14N2O4S2. The largest absolute Gasteiger partial charge is 0.397 e. The summed E-state index contributed by atoms with van der Waals surface area (Å²) in [5.74, 6) is 0.558. The summed E-state index contributed by atoms with van der Waals surface area (Å²) in [7, 11) is -4.32. The number of thiol groups is 1. The van der Waals surface area contributed by atoms with Gasteiger partial charge in [0, 0.05) is 13.0 Å². The first kappa shape index (κ1) is 14.2. The van der Waals surface area contributed by atoms with Crippen molar-refractivity contribution in [3.8, 4) is 0 Å². The zero-order valence-electron chi connectivity index (χ0n) is 9.98. The van der Waals surface area contributed by atoms with Crippen molar-refractivity contribution >= 4 is 40.0 Å². The number of rotatable bonds is 3. The van der Waals surface area contributed by atoms with Crippen LogP contribution in [-0.4, -0.2) is 31.2 Å². The van der Waals surface area contributed by atoms with E-state index in [0.29, 0.717) is 30.1 Å². The fourth-order valence-corrected chi connectivity index (χ4v) is 2.80. The second-order valence-corrected chi connectivity index (χ2v) is 6.24. The van der Waals surface area contributed by atoms with E-state index in [1.165, 1.54) is 23.1 Å². The van der Waals surface area contributed by atoms with Gasteiger partial charge in [-0.1, -0.05) is 0 Å². The van der Waals surface area contributed by atoms with Crippen molar-refractivity contribution in [2.75, 3.05) is 22.9 Å². The zero-order valence-corrected chi connectivity index (χ0v) is 11.7. The van der Waals surface area contributed by atoms with Gasteiger partial charge in [0.15, 0.2) is 0 Å². The zero-order chi connectivity index (χ0) is 14.2. The van der Waals surface area contributed by atoms with Gasteiger partial charge in [-0.3, -0.25) is 9.35 Å². The maximum atomic E-state index is 11.9. The minimum Gasteiger partial charge on any atom is -0.397 e. The number of anilines is 2. The van der Waals surface area contributed by atoms with Gasteiger partial charge in [0.1, 0.15) is 0 Å². The van der Waals surface area contributed by atoms with Gasteiger partial charge in [-0.25, -0.2) is 0 Å². The average molecular weight is 302 g/mol. The second kappa shape index (κ2) is 5.03. The Morgan fingerprint density at radius 1 is 1.47 bits per heavy atom. The summed E-state index contributed by atoms with van der Waals surface area (Å²) in [5, 5.41) is 0. The Kier molecular flexibility index (Phi) is 3.75. The molecule has 19 heavy (non-hydrogen) atoms. The fourth-order valence-electron chi connectivity index (χ4n) is 2.05. The lowest BCUT2D eigenvalue weighted by atomic mass is 10.1. The summed E-state index contributed by atoms with van der Waals surface area (Å²) in [6.07, 6.45) is 0.360. The van der Waals surface area contributed by atoms with Crippen molar-refractivity contribution in [1.29, 1.82) is 0 Å². The molecule has 1 atom stereocenters. The van der Waals surface area contributed by atoms with Crippen LogP contribution < -0.4 is 10.6 Å². The molecule has 3 N–H and O–H groups in total. The highest BCUT2D eigenvalue weighted by atomic mass is 32.2. The lowest BCUT2D eigenvalue weighted by molar-refractivity contribution is -0.117. The fraction of sp³-hybridized carbons (Fsp3) is 0.364. The summed E-state index contributed by atoms with van der Waals surface area (Å²) in [4.78, 5) is 13.0. The Morgan fingerprint density at radius 3 is 2.68 bits per heavy atom. The Morgan fingerprint density at radius 2 is 2.16 bits per heavy atom. The molecule has 1 aliphatic heterocycles. The van der Waals surface area contributed by atoms with Crippen LogP contribution in [0.4, 0.5) is 11.4 Å². The van der Waals surface area contributed by atoms with Crippen molar-refractivity contribution < 1.29 is 17.8 Å². The highest BCUT2D eigenvalue weighted by Gasteiger charge is 2.31. The minimum atomic E-state index is -4.32. The number of benzene rings is 1. The van der Waals surface area contributed by atoms with E-state index in [9.17, 15) is 13.2 Å². The highest BCUT2D eigenvalue weighted by Crippen LogP contribution is 2.32. The molecular weight excluding hydrogens is 288 g/mol. The van der Waals surface area contributed by atoms with E-state index in [1.807, 2.05) is 0 Å². The quantitative estimate of drug-likeness (QED) is 0.435.